The Labute approximate surface area is 174 Å². The van der Waals surface area contributed by atoms with Crippen molar-refractivity contribution in [3.05, 3.63) is 77.6 Å². The van der Waals surface area contributed by atoms with Crippen molar-refractivity contribution in [1.82, 2.24) is 25.9 Å². The number of tetrazole rings is 1. The van der Waals surface area contributed by atoms with Gasteiger partial charge in [-0.2, -0.15) is 5.21 Å². The number of hydrogen-bond acceptors (Lipinski definition) is 5. The van der Waals surface area contributed by atoms with Crippen molar-refractivity contribution in [2.24, 2.45) is 0 Å². The second-order valence-electron chi connectivity index (χ2n) is 7.09. The predicted octanol–water partition coefficient (Wildman–Crippen LogP) is 3.53. The normalized spacial score (nSPS) is 11.0. The van der Waals surface area contributed by atoms with Crippen LogP contribution in [0.25, 0.3) is 21.9 Å². The van der Waals surface area contributed by atoms with Crippen LogP contribution in [0.4, 0.5) is 0 Å². The number of carbonyl (C=O) groups excluding carboxylic acids is 1. The number of nitrogens with one attached hydrogen (secondary N) is 2. The van der Waals surface area contributed by atoms with E-state index in [1.165, 1.54) is 0 Å². The van der Waals surface area contributed by atoms with E-state index in [-0.39, 0.29) is 5.91 Å². The van der Waals surface area contributed by atoms with E-state index in [2.05, 4.69) is 68.4 Å². The maximum Gasteiger partial charge on any atom is 0.251 e. The van der Waals surface area contributed by atoms with Crippen LogP contribution in [0.2, 0.25) is 0 Å². The zero-order valence-electron chi connectivity index (χ0n) is 16.8. The zero-order valence-corrected chi connectivity index (χ0v) is 16.8. The molecule has 2 N–H and O–H groups in total. The highest BCUT2D eigenvalue weighted by molar-refractivity contribution is 5.99. The van der Waals surface area contributed by atoms with E-state index in [0.29, 0.717) is 31.0 Å². The van der Waals surface area contributed by atoms with Crippen LogP contribution in [0.1, 0.15) is 28.2 Å². The van der Waals surface area contributed by atoms with Gasteiger partial charge in [-0.15, -0.1) is 10.2 Å². The molecule has 0 aliphatic heterocycles. The number of fused-ring (bicyclic) bond motifs is 1. The number of benzene rings is 3. The second-order valence-corrected chi connectivity index (χ2v) is 7.09. The molecule has 1 heterocycles. The van der Waals surface area contributed by atoms with Crippen LogP contribution >= 0.6 is 0 Å². The van der Waals surface area contributed by atoms with Crippen LogP contribution in [0.15, 0.2) is 60.7 Å². The Hall–Kier alpha value is -3.58. The van der Waals surface area contributed by atoms with Gasteiger partial charge in [0.2, 0.25) is 0 Å². The standard InChI is InChI=1S/C23H23N5O2/c1-30-15-16-4-6-17(7-5-16)18-8-9-20-14-21(11-10-19(20)13-18)23(29)24-12-2-3-22-25-27-28-26-22/h4-11,13-14H,2-3,12,15H2,1H3,(H,24,29)(H,25,26,27,28). The summed E-state index contributed by atoms with van der Waals surface area (Å²) in [5.74, 6) is 0.571. The molecule has 3 aromatic carbocycles. The van der Waals surface area contributed by atoms with Crippen molar-refractivity contribution in [3.63, 3.8) is 0 Å². The number of H-pyrrole nitrogens is 1. The number of aromatic amines is 1. The maximum atomic E-state index is 12.5. The third kappa shape index (κ3) is 4.69. The van der Waals surface area contributed by atoms with E-state index >= 15 is 0 Å². The van der Waals surface area contributed by atoms with Gasteiger partial charge in [-0.05, 0) is 52.1 Å². The van der Waals surface area contributed by atoms with Crippen molar-refractivity contribution in [3.8, 4) is 11.1 Å². The van der Waals surface area contributed by atoms with Gasteiger partial charge in [0, 0.05) is 25.6 Å². The molecule has 7 nitrogen and oxygen atoms in total. The van der Waals surface area contributed by atoms with Crippen molar-refractivity contribution in [1.29, 1.82) is 0 Å². The first kappa shape index (κ1) is 19.7. The van der Waals surface area contributed by atoms with E-state index < -0.39 is 0 Å². The van der Waals surface area contributed by atoms with Crippen LogP contribution in [0, 0.1) is 0 Å². The number of carbonyl (C=O) groups is 1. The fraction of sp³-hybridized carbons (Fsp3) is 0.217. The van der Waals surface area contributed by atoms with Gasteiger partial charge in [-0.3, -0.25) is 4.79 Å². The van der Waals surface area contributed by atoms with E-state index in [9.17, 15) is 4.79 Å². The Kier molecular flexibility index (Phi) is 6.10. The average Bonchev–Trinajstić information content (AvgIpc) is 3.30. The lowest BCUT2D eigenvalue weighted by molar-refractivity contribution is 0.0953. The lowest BCUT2D eigenvalue weighted by Crippen LogP contribution is -2.24. The van der Waals surface area contributed by atoms with Crippen LogP contribution < -0.4 is 5.32 Å². The molecule has 0 atom stereocenters. The Bertz CT molecular complexity index is 1120. The number of aromatic nitrogens is 4. The van der Waals surface area contributed by atoms with E-state index in [1.54, 1.807) is 7.11 Å². The molecule has 0 aliphatic carbocycles. The summed E-state index contributed by atoms with van der Waals surface area (Å²) >= 11 is 0. The summed E-state index contributed by atoms with van der Waals surface area (Å²) in [5.41, 5.74) is 4.10. The maximum absolute atomic E-state index is 12.5. The Balaban J connectivity index is 1.41. The van der Waals surface area contributed by atoms with E-state index in [1.807, 2.05) is 18.2 Å². The largest absolute Gasteiger partial charge is 0.380 e. The van der Waals surface area contributed by atoms with Crippen molar-refractivity contribution < 1.29 is 9.53 Å². The predicted molar refractivity (Wildman–Crippen MR) is 115 cm³/mol. The molecular formula is C23H23N5O2. The molecule has 7 heteroatoms. The Morgan fingerprint density at radius 3 is 2.53 bits per heavy atom. The minimum atomic E-state index is -0.0807. The summed E-state index contributed by atoms with van der Waals surface area (Å²) in [5, 5.41) is 18.8. The minimum absolute atomic E-state index is 0.0807. The van der Waals surface area contributed by atoms with Crippen LogP contribution in [-0.4, -0.2) is 40.2 Å². The monoisotopic (exact) mass is 401 g/mol. The summed E-state index contributed by atoms with van der Waals surface area (Å²) in [6.07, 6.45) is 1.43. The minimum Gasteiger partial charge on any atom is -0.380 e. The summed E-state index contributed by atoms with van der Waals surface area (Å²) in [6, 6.07) is 20.4. The Morgan fingerprint density at radius 1 is 1.00 bits per heavy atom. The highest BCUT2D eigenvalue weighted by Gasteiger charge is 2.08. The lowest BCUT2D eigenvalue weighted by Gasteiger charge is -2.08. The molecule has 152 valence electrons. The van der Waals surface area contributed by atoms with Crippen LogP contribution in [-0.2, 0) is 17.8 Å². The number of amides is 1. The fourth-order valence-electron chi connectivity index (χ4n) is 3.37. The molecule has 0 saturated carbocycles. The van der Waals surface area contributed by atoms with Gasteiger partial charge in [-0.1, -0.05) is 47.7 Å². The van der Waals surface area contributed by atoms with Crippen molar-refractivity contribution in [2.75, 3.05) is 13.7 Å². The topological polar surface area (TPSA) is 92.8 Å². The molecule has 0 aliphatic rings. The molecule has 0 radical (unpaired) electrons. The molecule has 0 spiro atoms. The van der Waals surface area contributed by atoms with Gasteiger partial charge in [-0.25, -0.2) is 0 Å². The van der Waals surface area contributed by atoms with Gasteiger partial charge in [0.15, 0.2) is 5.82 Å². The molecule has 0 unspecified atom stereocenters. The smallest absolute Gasteiger partial charge is 0.251 e. The molecule has 0 fully saturated rings. The highest BCUT2D eigenvalue weighted by Crippen LogP contribution is 2.25. The summed E-state index contributed by atoms with van der Waals surface area (Å²) in [4.78, 5) is 12.5. The zero-order chi connectivity index (χ0) is 20.8. The Morgan fingerprint density at radius 2 is 1.77 bits per heavy atom. The molecular weight excluding hydrogens is 378 g/mol. The fourth-order valence-corrected chi connectivity index (χ4v) is 3.37. The van der Waals surface area contributed by atoms with Crippen molar-refractivity contribution in [2.45, 2.75) is 19.4 Å². The van der Waals surface area contributed by atoms with Gasteiger partial charge in [0.25, 0.3) is 5.91 Å². The van der Waals surface area contributed by atoms with Crippen LogP contribution in [0.3, 0.4) is 0 Å². The number of hydrogen-bond donors (Lipinski definition) is 2. The first-order chi connectivity index (χ1) is 14.7. The molecule has 4 rings (SSSR count). The van der Waals surface area contributed by atoms with Gasteiger partial charge < -0.3 is 10.1 Å². The molecule has 0 bridgehead atoms. The second kappa shape index (κ2) is 9.28. The SMILES string of the molecule is COCc1ccc(-c2ccc3cc(C(=O)NCCCc4nn[nH]n4)ccc3c2)cc1. The first-order valence-corrected chi connectivity index (χ1v) is 9.85. The number of nitrogens with zero attached hydrogens (tertiary/aromatic N) is 3. The summed E-state index contributed by atoms with van der Waals surface area (Å²) in [6.45, 7) is 1.17. The number of methoxy groups -OCH3 is 1. The van der Waals surface area contributed by atoms with Crippen LogP contribution in [0.5, 0.6) is 0 Å². The summed E-state index contributed by atoms with van der Waals surface area (Å²) < 4.78 is 5.17. The van der Waals surface area contributed by atoms with Gasteiger partial charge in [0.05, 0.1) is 6.61 Å². The lowest BCUT2D eigenvalue weighted by atomic mass is 9.99. The molecule has 30 heavy (non-hydrogen) atoms. The third-order valence-electron chi connectivity index (χ3n) is 4.95. The number of ether oxygens (including phenoxy) is 1. The molecule has 1 amide bonds. The summed E-state index contributed by atoms with van der Waals surface area (Å²) in [7, 11) is 1.70. The quantitative estimate of drug-likeness (QED) is 0.441. The molecule has 0 saturated heterocycles. The van der Waals surface area contributed by atoms with Gasteiger partial charge >= 0.3 is 0 Å². The number of rotatable bonds is 8. The van der Waals surface area contributed by atoms with E-state index in [4.69, 9.17) is 4.74 Å². The molecule has 4 aromatic rings. The first-order valence-electron chi connectivity index (χ1n) is 9.85. The van der Waals surface area contributed by atoms with Crippen molar-refractivity contribution >= 4 is 16.7 Å². The average molecular weight is 401 g/mol. The molecule has 1 aromatic heterocycles. The third-order valence-corrected chi connectivity index (χ3v) is 4.95. The van der Waals surface area contributed by atoms with E-state index in [0.717, 1.165) is 33.9 Å². The number of aryl methyl sites for hydroxylation is 1. The highest BCUT2D eigenvalue weighted by atomic mass is 16.5. The van der Waals surface area contributed by atoms with Gasteiger partial charge in [0.1, 0.15) is 0 Å².